The number of aromatic nitrogens is 1. The van der Waals surface area contributed by atoms with E-state index in [1.807, 2.05) is 19.1 Å². The maximum absolute atomic E-state index is 13.0. The van der Waals surface area contributed by atoms with Crippen LogP contribution >= 0.6 is 23.1 Å². The SMILES string of the molecule is COC(=O)COc1ccc(SCc2sc(-c3ccc(C(F)(F)F)cc3)nc2CN2CCN(C(=O)O)CC2)cc1C. The Kier molecular flexibility index (Phi) is 9.59. The van der Waals surface area contributed by atoms with Gasteiger partial charge in [-0.1, -0.05) is 12.1 Å². The second kappa shape index (κ2) is 12.9. The lowest BCUT2D eigenvalue weighted by molar-refractivity contribution is -0.143. The number of hydrogen-bond acceptors (Lipinski definition) is 8. The smallest absolute Gasteiger partial charge is 0.416 e. The van der Waals surface area contributed by atoms with Crippen molar-refractivity contribution in [3.63, 3.8) is 0 Å². The highest BCUT2D eigenvalue weighted by Gasteiger charge is 2.30. The number of carboxylic acid groups (broad SMARTS) is 1. The monoisotopic (exact) mass is 595 g/mol. The highest BCUT2D eigenvalue weighted by molar-refractivity contribution is 7.98. The van der Waals surface area contributed by atoms with Crippen LogP contribution in [0.15, 0.2) is 47.4 Å². The van der Waals surface area contributed by atoms with Gasteiger partial charge in [-0.3, -0.25) is 4.90 Å². The van der Waals surface area contributed by atoms with Crippen LogP contribution in [0.2, 0.25) is 0 Å². The van der Waals surface area contributed by atoms with Gasteiger partial charge < -0.3 is 19.5 Å². The van der Waals surface area contributed by atoms with Gasteiger partial charge in [0.15, 0.2) is 6.61 Å². The van der Waals surface area contributed by atoms with Crippen molar-refractivity contribution in [3.05, 3.63) is 64.2 Å². The van der Waals surface area contributed by atoms with Crippen molar-refractivity contribution in [1.82, 2.24) is 14.8 Å². The molecule has 0 aliphatic carbocycles. The molecule has 0 spiro atoms. The van der Waals surface area contributed by atoms with Crippen molar-refractivity contribution in [2.75, 3.05) is 39.9 Å². The van der Waals surface area contributed by atoms with Crippen LogP contribution in [0, 0.1) is 6.92 Å². The normalized spacial score (nSPS) is 14.3. The molecule has 214 valence electrons. The molecule has 1 amide bonds. The second-order valence-electron chi connectivity index (χ2n) is 9.09. The summed E-state index contributed by atoms with van der Waals surface area (Å²) < 4.78 is 49.3. The van der Waals surface area contributed by atoms with Gasteiger partial charge in [0.05, 0.1) is 18.4 Å². The quantitative estimate of drug-likeness (QED) is 0.246. The van der Waals surface area contributed by atoms with Gasteiger partial charge in [0, 0.05) is 53.8 Å². The molecule has 1 N–H and O–H groups in total. The zero-order chi connectivity index (χ0) is 28.9. The van der Waals surface area contributed by atoms with Gasteiger partial charge in [-0.2, -0.15) is 13.2 Å². The van der Waals surface area contributed by atoms with E-state index in [1.165, 1.54) is 35.5 Å². The molecule has 4 rings (SSSR count). The maximum Gasteiger partial charge on any atom is 0.416 e. The molecule has 8 nitrogen and oxygen atoms in total. The number of alkyl halides is 3. The van der Waals surface area contributed by atoms with Crippen LogP contribution in [-0.4, -0.2) is 71.8 Å². The minimum Gasteiger partial charge on any atom is -0.482 e. The Morgan fingerprint density at radius 1 is 1.10 bits per heavy atom. The summed E-state index contributed by atoms with van der Waals surface area (Å²) in [6, 6.07) is 10.6. The summed E-state index contributed by atoms with van der Waals surface area (Å²) in [5.74, 6) is 0.701. The van der Waals surface area contributed by atoms with Crippen LogP contribution < -0.4 is 4.74 Å². The van der Waals surface area contributed by atoms with Crippen molar-refractivity contribution in [2.24, 2.45) is 0 Å². The third-order valence-corrected chi connectivity index (χ3v) is 8.69. The number of methoxy groups -OCH3 is 1. The Morgan fingerprint density at radius 2 is 1.80 bits per heavy atom. The number of amides is 1. The first-order valence-corrected chi connectivity index (χ1v) is 14.1. The van der Waals surface area contributed by atoms with Crippen LogP contribution in [0.4, 0.5) is 18.0 Å². The molecule has 1 aliphatic rings. The van der Waals surface area contributed by atoms with Crippen molar-refractivity contribution in [3.8, 4) is 16.3 Å². The van der Waals surface area contributed by atoms with E-state index < -0.39 is 23.8 Å². The Hall–Kier alpha value is -3.29. The van der Waals surface area contributed by atoms with Gasteiger partial charge in [0.2, 0.25) is 0 Å². The third kappa shape index (κ3) is 7.67. The topological polar surface area (TPSA) is 92.2 Å². The van der Waals surface area contributed by atoms with E-state index in [-0.39, 0.29) is 6.61 Å². The lowest BCUT2D eigenvalue weighted by Gasteiger charge is -2.32. The first-order chi connectivity index (χ1) is 19.0. The summed E-state index contributed by atoms with van der Waals surface area (Å²) in [5, 5.41) is 9.86. The standard InChI is InChI=1S/C27H28F3N3O5S2/c1-17-13-20(7-8-22(17)38-15-24(34)37-2)39-16-23-21(14-32-9-11-33(12-10-32)26(35)36)31-25(40-23)18-3-5-19(6-4-18)27(28,29)30/h3-8,13H,9-12,14-16H2,1-2H3,(H,35,36). The van der Waals surface area contributed by atoms with E-state index in [2.05, 4.69) is 9.64 Å². The molecule has 1 aromatic heterocycles. The van der Waals surface area contributed by atoms with Gasteiger partial charge in [0.25, 0.3) is 0 Å². The number of rotatable bonds is 9. The number of thioether (sulfide) groups is 1. The van der Waals surface area contributed by atoms with Crippen molar-refractivity contribution >= 4 is 35.2 Å². The molecular weight excluding hydrogens is 567 g/mol. The Balaban J connectivity index is 1.51. The third-order valence-electron chi connectivity index (χ3n) is 6.34. The zero-order valence-electron chi connectivity index (χ0n) is 21.9. The molecule has 2 aromatic carbocycles. The number of piperazine rings is 1. The Bertz CT molecular complexity index is 1340. The van der Waals surface area contributed by atoms with Crippen molar-refractivity contribution < 1.29 is 37.3 Å². The fourth-order valence-electron chi connectivity index (χ4n) is 4.07. The summed E-state index contributed by atoms with van der Waals surface area (Å²) >= 11 is 3.03. The number of esters is 1. The number of thiazole rings is 1. The summed E-state index contributed by atoms with van der Waals surface area (Å²) in [6.07, 6.45) is -5.35. The fraction of sp³-hybridized carbons (Fsp3) is 0.370. The molecule has 1 saturated heterocycles. The molecule has 40 heavy (non-hydrogen) atoms. The van der Waals surface area contributed by atoms with Crippen LogP contribution in [0.3, 0.4) is 0 Å². The first kappa shape index (κ1) is 29.7. The van der Waals surface area contributed by atoms with E-state index in [0.29, 0.717) is 54.8 Å². The van der Waals surface area contributed by atoms with Gasteiger partial charge in [-0.05, 0) is 42.8 Å². The lowest BCUT2D eigenvalue weighted by atomic mass is 10.1. The number of benzene rings is 2. The average Bonchev–Trinajstić information content (AvgIpc) is 3.33. The molecule has 0 unspecified atom stereocenters. The second-order valence-corrected chi connectivity index (χ2v) is 11.2. The van der Waals surface area contributed by atoms with Gasteiger partial charge >= 0.3 is 18.2 Å². The molecular formula is C27H28F3N3O5S2. The lowest BCUT2D eigenvalue weighted by Crippen LogP contribution is -2.47. The summed E-state index contributed by atoms with van der Waals surface area (Å²) in [5.41, 5.74) is 1.58. The maximum atomic E-state index is 13.0. The van der Waals surface area contributed by atoms with Crippen molar-refractivity contribution in [2.45, 2.75) is 30.3 Å². The van der Waals surface area contributed by atoms with Crippen LogP contribution in [0.5, 0.6) is 5.75 Å². The summed E-state index contributed by atoms with van der Waals surface area (Å²) in [4.78, 5) is 32.9. The minimum atomic E-state index is -4.41. The predicted octanol–water partition coefficient (Wildman–Crippen LogP) is 5.78. The van der Waals surface area contributed by atoms with E-state index in [0.717, 1.165) is 33.2 Å². The molecule has 1 fully saturated rings. The van der Waals surface area contributed by atoms with E-state index >= 15 is 0 Å². The number of ether oxygens (including phenoxy) is 2. The molecule has 0 bridgehead atoms. The minimum absolute atomic E-state index is 0.179. The van der Waals surface area contributed by atoms with E-state index in [9.17, 15) is 27.9 Å². The van der Waals surface area contributed by atoms with Crippen LogP contribution in [0.1, 0.15) is 21.7 Å². The number of halogens is 3. The van der Waals surface area contributed by atoms with E-state index in [4.69, 9.17) is 9.72 Å². The van der Waals surface area contributed by atoms with E-state index in [1.54, 1.807) is 17.8 Å². The summed E-state index contributed by atoms with van der Waals surface area (Å²) in [7, 11) is 1.30. The van der Waals surface area contributed by atoms with Crippen molar-refractivity contribution in [1.29, 1.82) is 0 Å². The number of nitrogens with zero attached hydrogens (tertiary/aromatic N) is 3. The van der Waals surface area contributed by atoms with Crippen LogP contribution in [-0.2, 0) is 28.0 Å². The molecule has 0 saturated carbocycles. The fourth-order valence-corrected chi connectivity index (χ4v) is 6.24. The summed E-state index contributed by atoms with van der Waals surface area (Å²) in [6.45, 7) is 4.16. The van der Waals surface area contributed by atoms with Gasteiger partial charge in [-0.25, -0.2) is 14.6 Å². The molecule has 1 aliphatic heterocycles. The largest absolute Gasteiger partial charge is 0.482 e. The van der Waals surface area contributed by atoms with Gasteiger partial charge in [-0.15, -0.1) is 23.1 Å². The molecule has 0 radical (unpaired) electrons. The predicted molar refractivity (Wildman–Crippen MR) is 146 cm³/mol. The van der Waals surface area contributed by atoms with Crippen LogP contribution in [0.25, 0.3) is 10.6 Å². The first-order valence-electron chi connectivity index (χ1n) is 12.3. The number of hydrogen-bond donors (Lipinski definition) is 1. The number of carbonyl (C=O) groups is 2. The number of aryl methyl sites for hydroxylation is 1. The Morgan fingerprint density at radius 3 is 2.40 bits per heavy atom. The molecule has 0 atom stereocenters. The molecule has 2 heterocycles. The molecule has 13 heteroatoms. The highest BCUT2D eigenvalue weighted by atomic mass is 32.2. The number of carbonyl (C=O) groups excluding carboxylic acids is 1. The molecule has 3 aromatic rings. The highest BCUT2D eigenvalue weighted by Crippen LogP contribution is 2.36. The van der Waals surface area contributed by atoms with Gasteiger partial charge in [0.1, 0.15) is 10.8 Å². The Labute approximate surface area is 237 Å². The average molecular weight is 596 g/mol. The zero-order valence-corrected chi connectivity index (χ0v) is 23.5.